The minimum Gasteiger partial charge on any atom is -0.359 e. The Morgan fingerprint density at radius 1 is 1.11 bits per heavy atom. The molecule has 3 nitrogen and oxygen atoms in total. The molecule has 0 aromatic heterocycles. The van der Waals surface area contributed by atoms with Crippen LogP contribution in [0.15, 0.2) is 17.2 Å². The molecular formula is C13H18Cl3N3. The second-order valence-corrected chi connectivity index (χ2v) is 5.05. The minimum absolute atomic E-state index is 0.337. The van der Waals surface area contributed by atoms with E-state index in [1.165, 1.54) is 0 Å². The van der Waals surface area contributed by atoms with Gasteiger partial charge in [0.2, 0.25) is 0 Å². The molecule has 0 unspecified atom stereocenters. The van der Waals surface area contributed by atoms with Gasteiger partial charge in [-0.05, 0) is 26.0 Å². The average Bonchev–Trinajstić information content (AvgIpc) is 2.42. The van der Waals surface area contributed by atoms with Gasteiger partial charge in [-0.3, -0.25) is 5.43 Å². The molecule has 1 N–H and O–H groups in total. The largest absolute Gasteiger partial charge is 0.359 e. The topological polar surface area (TPSA) is 27.6 Å². The second-order valence-electron chi connectivity index (χ2n) is 3.89. The summed E-state index contributed by atoms with van der Waals surface area (Å²) in [4.78, 5) is 2.18. The van der Waals surface area contributed by atoms with E-state index in [0.717, 1.165) is 25.3 Å². The van der Waals surface area contributed by atoms with Crippen LogP contribution >= 0.6 is 34.8 Å². The van der Waals surface area contributed by atoms with E-state index < -0.39 is 0 Å². The Bertz CT molecular complexity index is 457. The summed E-state index contributed by atoms with van der Waals surface area (Å²) in [5, 5.41) is 5.54. The molecule has 0 heterocycles. The van der Waals surface area contributed by atoms with Crippen LogP contribution in [0.2, 0.25) is 15.1 Å². The second kappa shape index (κ2) is 7.83. The summed E-state index contributed by atoms with van der Waals surface area (Å²) in [7, 11) is 0. The minimum atomic E-state index is 0.337. The Hall–Kier alpha value is -0.640. The summed E-state index contributed by atoms with van der Waals surface area (Å²) >= 11 is 18.0. The number of hydrogen-bond acceptors (Lipinski definition) is 2. The van der Waals surface area contributed by atoms with Crippen LogP contribution in [-0.4, -0.2) is 23.8 Å². The van der Waals surface area contributed by atoms with Gasteiger partial charge in [-0.1, -0.05) is 41.7 Å². The van der Waals surface area contributed by atoms with Crippen LogP contribution in [0, 0.1) is 0 Å². The predicted octanol–water partition coefficient (Wildman–Crippen LogP) is 5.12. The van der Waals surface area contributed by atoms with Crippen LogP contribution in [0.1, 0.15) is 27.2 Å². The average molecular weight is 323 g/mol. The number of benzene rings is 1. The maximum absolute atomic E-state index is 6.11. The lowest BCUT2D eigenvalue weighted by Gasteiger charge is -2.22. The van der Waals surface area contributed by atoms with Gasteiger partial charge in [-0.15, -0.1) is 0 Å². The zero-order valence-corrected chi connectivity index (χ0v) is 13.6. The quantitative estimate of drug-likeness (QED) is 0.352. The van der Waals surface area contributed by atoms with Crippen molar-refractivity contribution in [2.75, 3.05) is 18.5 Å². The molecule has 0 aliphatic rings. The first-order valence-electron chi connectivity index (χ1n) is 6.26. The zero-order valence-electron chi connectivity index (χ0n) is 11.3. The van der Waals surface area contributed by atoms with Crippen LogP contribution < -0.4 is 5.43 Å². The molecule has 0 spiro atoms. The number of rotatable bonds is 5. The molecule has 106 valence electrons. The van der Waals surface area contributed by atoms with Crippen molar-refractivity contribution in [3.63, 3.8) is 0 Å². The first-order chi connectivity index (χ1) is 9.04. The van der Waals surface area contributed by atoms with E-state index in [1.54, 1.807) is 12.1 Å². The molecule has 1 aromatic rings. The van der Waals surface area contributed by atoms with Crippen molar-refractivity contribution in [1.82, 2.24) is 4.90 Å². The van der Waals surface area contributed by atoms with Crippen LogP contribution in [0.4, 0.5) is 5.69 Å². The first-order valence-corrected chi connectivity index (χ1v) is 7.39. The summed E-state index contributed by atoms with van der Waals surface area (Å²) in [6, 6.07) is 3.45. The molecule has 0 saturated heterocycles. The van der Waals surface area contributed by atoms with Gasteiger partial charge in [0.1, 0.15) is 5.84 Å². The third-order valence-electron chi connectivity index (χ3n) is 2.79. The number of hydrogen-bond donors (Lipinski definition) is 1. The number of anilines is 1. The third kappa shape index (κ3) is 4.16. The van der Waals surface area contributed by atoms with Crippen molar-refractivity contribution in [2.24, 2.45) is 5.10 Å². The Kier molecular flexibility index (Phi) is 6.76. The maximum atomic E-state index is 6.11. The summed E-state index contributed by atoms with van der Waals surface area (Å²) < 4.78 is 0. The van der Waals surface area contributed by atoms with Gasteiger partial charge in [0.05, 0.1) is 20.8 Å². The molecule has 0 radical (unpaired) electrons. The van der Waals surface area contributed by atoms with Gasteiger partial charge in [-0.2, -0.15) is 5.10 Å². The highest BCUT2D eigenvalue weighted by Gasteiger charge is 2.09. The molecule has 6 heteroatoms. The SMILES string of the molecule is CC/C(=N\Nc1ccc(Cl)c(Cl)c1Cl)N(CC)CC. The van der Waals surface area contributed by atoms with E-state index in [4.69, 9.17) is 34.8 Å². The molecule has 0 aliphatic heterocycles. The van der Waals surface area contributed by atoms with Gasteiger partial charge in [0.15, 0.2) is 0 Å². The predicted molar refractivity (Wildman–Crippen MR) is 85.7 cm³/mol. The number of amidine groups is 1. The highest BCUT2D eigenvalue weighted by Crippen LogP contribution is 2.35. The molecule has 0 aliphatic carbocycles. The van der Waals surface area contributed by atoms with Crippen molar-refractivity contribution in [1.29, 1.82) is 0 Å². The van der Waals surface area contributed by atoms with Crippen LogP contribution in [0.25, 0.3) is 0 Å². The first kappa shape index (κ1) is 16.4. The lowest BCUT2D eigenvalue weighted by atomic mass is 10.3. The molecule has 0 atom stereocenters. The molecule has 0 amide bonds. The van der Waals surface area contributed by atoms with Gasteiger partial charge in [-0.25, -0.2) is 0 Å². The zero-order chi connectivity index (χ0) is 14.4. The molecular weight excluding hydrogens is 305 g/mol. The van der Waals surface area contributed by atoms with Gasteiger partial charge in [0.25, 0.3) is 0 Å². The molecule has 0 fully saturated rings. The highest BCUT2D eigenvalue weighted by molar-refractivity contribution is 6.49. The van der Waals surface area contributed by atoms with Crippen molar-refractivity contribution >= 4 is 46.3 Å². The fourth-order valence-electron chi connectivity index (χ4n) is 1.70. The van der Waals surface area contributed by atoms with E-state index in [9.17, 15) is 0 Å². The molecule has 1 aromatic carbocycles. The van der Waals surface area contributed by atoms with E-state index in [2.05, 4.69) is 36.2 Å². The molecule has 19 heavy (non-hydrogen) atoms. The van der Waals surface area contributed by atoms with E-state index in [1.807, 2.05) is 0 Å². The van der Waals surface area contributed by atoms with Crippen LogP contribution in [-0.2, 0) is 0 Å². The third-order valence-corrected chi connectivity index (χ3v) is 4.08. The van der Waals surface area contributed by atoms with Crippen molar-refractivity contribution in [2.45, 2.75) is 27.2 Å². The molecule has 0 saturated carbocycles. The van der Waals surface area contributed by atoms with Gasteiger partial charge >= 0.3 is 0 Å². The number of nitrogens with zero attached hydrogens (tertiary/aromatic N) is 2. The van der Waals surface area contributed by atoms with Crippen molar-refractivity contribution < 1.29 is 0 Å². The highest BCUT2D eigenvalue weighted by atomic mass is 35.5. The monoisotopic (exact) mass is 321 g/mol. The maximum Gasteiger partial charge on any atom is 0.124 e. The van der Waals surface area contributed by atoms with Crippen LogP contribution in [0.3, 0.4) is 0 Å². The fraction of sp³-hybridized carbons (Fsp3) is 0.462. The number of hydrazone groups is 1. The van der Waals surface area contributed by atoms with Crippen LogP contribution in [0.5, 0.6) is 0 Å². The summed E-state index contributed by atoms with van der Waals surface area (Å²) in [5.74, 6) is 0.979. The Morgan fingerprint density at radius 3 is 2.26 bits per heavy atom. The number of halogens is 3. The van der Waals surface area contributed by atoms with E-state index in [-0.39, 0.29) is 0 Å². The summed E-state index contributed by atoms with van der Waals surface area (Å²) in [5.41, 5.74) is 3.60. The Labute approximate surface area is 129 Å². The molecule has 0 bridgehead atoms. The standard InChI is InChI=1S/C13H18Cl3N3/c1-4-11(19(5-2)6-3)18-17-10-8-7-9(14)12(15)13(10)16/h7-8,17H,4-6H2,1-3H3/b18-11+. The van der Waals surface area contributed by atoms with E-state index >= 15 is 0 Å². The lowest BCUT2D eigenvalue weighted by molar-refractivity contribution is 0.456. The van der Waals surface area contributed by atoms with Crippen molar-refractivity contribution in [3.05, 3.63) is 27.2 Å². The lowest BCUT2D eigenvalue weighted by Crippen LogP contribution is -2.30. The van der Waals surface area contributed by atoms with Gasteiger partial charge in [0, 0.05) is 19.5 Å². The van der Waals surface area contributed by atoms with E-state index in [0.29, 0.717) is 20.8 Å². The van der Waals surface area contributed by atoms with Crippen molar-refractivity contribution in [3.8, 4) is 0 Å². The summed E-state index contributed by atoms with van der Waals surface area (Å²) in [6.45, 7) is 8.09. The summed E-state index contributed by atoms with van der Waals surface area (Å²) in [6.07, 6.45) is 0.841. The normalized spacial score (nSPS) is 11.6. The Morgan fingerprint density at radius 2 is 1.74 bits per heavy atom. The van der Waals surface area contributed by atoms with Gasteiger partial charge < -0.3 is 4.90 Å². The number of nitrogens with one attached hydrogen (secondary N) is 1. The molecule has 1 rings (SSSR count). The fourth-order valence-corrected chi connectivity index (χ4v) is 2.28. The smallest absolute Gasteiger partial charge is 0.124 e. The Balaban J connectivity index is 2.93.